The average Bonchev–Trinajstić information content (AvgIpc) is 2.48. The molecule has 0 aliphatic rings. The van der Waals surface area contributed by atoms with Gasteiger partial charge in [-0.05, 0) is 36.6 Å². The lowest BCUT2D eigenvalue weighted by molar-refractivity contribution is 0.535. The first-order valence-corrected chi connectivity index (χ1v) is 6.90. The molecule has 19 heavy (non-hydrogen) atoms. The molecule has 0 aliphatic carbocycles. The fraction of sp³-hybridized carbons (Fsp3) is 0.375. The number of benzene rings is 1. The predicted octanol–water partition coefficient (Wildman–Crippen LogP) is 2.93. The molecule has 0 saturated carbocycles. The monoisotopic (exact) mass is 255 g/mol. The van der Waals surface area contributed by atoms with E-state index in [0.29, 0.717) is 0 Å². The first-order chi connectivity index (χ1) is 9.33. The van der Waals surface area contributed by atoms with Crippen LogP contribution in [0.25, 0.3) is 0 Å². The minimum atomic E-state index is 0.250. The third kappa shape index (κ3) is 3.86. The van der Waals surface area contributed by atoms with Gasteiger partial charge in [-0.1, -0.05) is 38.1 Å². The fourth-order valence-corrected chi connectivity index (χ4v) is 2.18. The van der Waals surface area contributed by atoms with Crippen molar-refractivity contribution < 1.29 is 0 Å². The normalized spacial score (nSPS) is 12.3. The van der Waals surface area contributed by atoms with E-state index >= 15 is 0 Å². The van der Waals surface area contributed by atoms with Crippen molar-refractivity contribution in [2.24, 2.45) is 0 Å². The van der Waals surface area contributed by atoms with E-state index in [2.05, 4.69) is 53.4 Å². The Morgan fingerprint density at radius 3 is 2.37 bits per heavy atom. The second kappa shape index (κ2) is 7.00. The van der Waals surface area contributed by atoms with Gasteiger partial charge in [0.25, 0.3) is 0 Å². The number of rotatable bonds is 6. The molecule has 1 unspecified atom stereocenters. The summed E-state index contributed by atoms with van der Waals surface area (Å²) in [5.41, 5.74) is 3.77. The van der Waals surface area contributed by atoms with Crippen molar-refractivity contribution in [3.05, 3.63) is 59.7 Å². The second-order valence-corrected chi connectivity index (χ2v) is 4.62. The number of likely N-dealkylation sites (N-methyl/N-ethyl adjacent to an activating group) is 1. The summed E-state index contributed by atoms with van der Waals surface area (Å²) < 4.78 is 0. The molecule has 1 aromatic carbocycles. The lowest BCUT2D eigenvalue weighted by Gasteiger charge is -2.17. The second-order valence-electron chi connectivity index (χ2n) is 4.62. The Morgan fingerprint density at radius 1 is 1.05 bits per heavy atom. The van der Waals surface area contributed by atoms with E-state index in [9.17, 15) is 0 Å². The van der Waals surface area contributed by atoms with E-state index in [1.807, 2.05) is 6.07 Å². The Bertz CT molecular complexity index is 479. The third-order valence-electron chi connectivity index (χ3n) is 3.28. The Morgan fingerprint density at radius 2 is 1.79 bits per heavy atom. The van der Waals surface area contributed by atoms with Crippen LogP contribution in [0.5, 0.6) is 0 Å². The fourth-order valence-electron chi connectivity index (χ4n) is 2.18. The van der Waals surface area contributed by atoms with Crippen molar-refractivity contribution in [1.82, 2.24) is 15.3 Å². The van der Waals surface area contributed by atoms with E-state index < -0.39 is 0 Å². The van der Waals surface area contributed by atoms with Gasteiger partial charge in [0, 0.05) is 6.20 Å². The molecule has 0 bridgehead atoms. The molecule has 2 rings (SSSR count). The quantitative estimate of drug-likeness (QED) is 0.862. The molecule has 0 fully saturated rings. The van der Waals surface area contributed by atoms with Crippen molar-refractivity contribution >= 4 is 0 Å². The molecule has 1 heterocycles. The maximum atomic E-state index is 4.35. The van der Waals surface area contributed by atoms with Crippen LogP contribution in [-0.2, 0) is 12.8 Å². The first kappa shape index (κ1) is 13.7. The molecule has 3 nitrogen and oxygen atoms in total. The molecule has 1 N–H and O–H groups in total. The van der Waals surface area contributed by atoms with Crippen LogP contribution in [-0.4, -0.2) is 16.5 Å². The van der Waals surface area contributed by atoms with Gasteiger partial charge in [-0.2, -0.15) is 0 Å². The Balaban J connectivity index is 2.11. The van der Waals surface area contributed by atoms with Crippen LogP contribution in [0, 0.1) is 0 Å². The van der Waals surface area contributed by atoms with Crippen molar-refractivity contribution in [2.45, 2.75) is 32.7 Å². The van der Waals surface area contributed by atoms with Gasteiger partial charge in [-0.15, -0.1) is 0 Å². The SMILES string of the molecule is CCNC(Cc1ccc(CC)cc1)c1ccncn1. The summed E-state index contributed by atoms with van der Waals surface area (Å²) in [4.78, 5) is 8.33. The number of nitrogens with one attached hydrogen (secondary N) is 1. The summed E-state index contributed by atoms with van der Waals surface area (Å²) >= 11 is 0. The van der Waals surface area contributed by atoms with Crippen molar-refractivity contribution in [3.63, 3.8) is 0 Å². The molecule has 0 aliphatic heterocycles. The molecular formula is C16H21N3. The van der Waals surface area contributed by atoms with Gasteiger partial charge >= 0.3 is 0 Å². The summed E-state index contributed by atoms with van der Waals surface area (Å²) in [6.07, 6.45) is 5.45. The zero-order valence-electron chi connectivity index (χ0n) is 11.6. The van der Waals surface area contributed by atoms with E-state index in [-0.39, 0.29) is 6.04 Å². The van der Waals surface area contributed by atoms with E-state index in [1.165, 1.54) is 11.1 Å². The zero-order chi connectivity index (χ0) is 13.5. The summed E-state index contributed by atoms with van der Waals surface area (Å²) in [7, 11) is 0. The van der Waals surface area contributed by atoms with Gasteiger partial charge in [0.1, 0.15) is 6.33 Å². The largest absolute Gasteiger partial charge is 0.309 e. The standard InChI is InChI=1S/C16H21N3/c1-3-13-5-7-14(8-6-13)11-16(18-4-2)15-9-10-17-12-19-15/h5-10,12,16,18H,3-4,11H2,1-2H3. The average molecular weight is 255 g/mol. The minimum Gasteiger partial charge on any atom is -0.309 e. The molecule has 1 atom stereocenters. The minimum absolute atomic E-state index is 0.250. The van der Waals surface area contributed by atoms with Crippen LogP contribution in [0.4, 0.5) is 0 Å². The highest BCUT2D eigenvalue weighted by atomic mass is 14.9. The lowest BCUT2D eigenvalue weighted by Crippen LogP contribution is -2.23. The van der Waals surface area contributed by atoms with Crippen LogP contribution >= 0.6 is 0 Å². The van der Waals surface area contributed by atoms with Crippen LogP contribution in [0.15, 0.2) is 42.9 Å². The lowest BCUT2D eigenvalue weighted by atomic mass is 10.0. The molecule has 1 aromatic heterocycles. The van der Waals surface area contributed by atoms with Crippen molar-refractivity contribution in [3.8, 4) is 0 Å². The molecular weight excluding hydrogens is 234 g/mol. The maximum Gasteiger partial charge on any atom is 0.115 e. The van der Waals surface area contributed by atoms with E-state index in [4.69, 9.17) is 0 Å². The van der Waals surface area contributed by atoms with Gasteiger partial charge in [0.05, 0.1) is 11.7 Å². The zero-order valence-corrected chi connectivity index (χ0v) is 11.6. The number of nitrogens with zero attached hydrogens (tertiary/aromatic N) is 2. The third-order valence-corrected chi connectivity index (χ3v) is 3.28. The van der Waals surface area contributed by atoms with Gasteiger partial charge in [-0.3, -0.25) is 0 Å². The highest BCUT2D eigenvalue weighted by molar-refractivity contribution is 5.24. The van der Waals surface area contributed by atoms with Gasteiger partial charge in [0.2, 0.25) is 0 Å². The molecule has 0 amide bonds. The van der Waals surface area contributed by atoms with Gasteiger partial charge in [0.15, 0.2) is 0 Å². The first-order valence-electron chi connectivity index (χ1n) is 6.90. The van der Waals surface area contributed by atoms with E-state index in [1.54, 1.807) is 12.5 Å². The molecule has 2 aromatic rings. The molecule has 0 saturated heterocycles. The van der Waals surface area contributed by atoms with Crippen molar-refractivity contribution in [1.29, 1.82) is 0 Å². The Labute approximate surface area is 115 Å². The summed E-state index contributed by atoms with van der Waals surface area (Å²) in [6, 6.07) is 11.1. The van der Waals surface area contributed by atoms with Gasteiger partial charge < -0.3 is 5.32 Å². The molecule has 3 heteroatoms. The predicted molar refractivity (Wildman–Crippen MR) is 78.0 cm³/mol. The van der Waals surface area contributed by atoms with Crippen LogP contribution in [0.3, 0.4) is 0 Å². The smallest absolute Gasteiger partial charge is 0.115 e. The molecule has 0 spiro atoms. The summed E-state index contributed by atoms with van der Waals surface area (Å²) in [6.45, 7) is 5.23. The number of hydrogen-bond acceptors (Lipinski definition) is 3. The van der Waals surface area contributed by atoms with E-state index in [0.717, 1.165) is 25.1 Å². The highest BCUT2D eigenvalue weighted by Crippen LogP contribution is 2.16. The maximum absolute atomic E-state index is 4.35. The molecule has 0 radical (unpaired) electrons. The topological polar surface area (TPSA) is 37.8 Å². The summed E-state index contributed by atoms with van der Waals surface area (Å²) in [5.74, 6) is 0. The van der Waals surface area contributed by atoms with Crippen LogP contribution < -0.4 is 5.32 Å². The number of aryl methyl sites for hydroxylation is 1. The van der Waals surface area contributed by atoms with Gasteiger partial charge in [-0.25, -0.2) is 9.97 Å². The number of hydrogen-bond donors (Lipinski definition) is 1. The summed E-state index contributed by atoms with van der Waals surface area (Å²) in [5, 5.41) is 3.49. The molecule has 100 valence electrons. The Hall–Kier alpha value is -1.74. The number of aromatic nitrogens is 2. The van der Waals surface area contributed by atoms with Crippen LogP contribution in [0.1, 0.15) is 36.7 Å². The highest BCUT2D eigenvalue weighted by Gasteiger charge is 2.12. The van der Waals surface area contributed by atoms with Crippen molar-refractivity contribution in [2.75, 3.05) is 6.54 Å². The Kier molecular flexibility index (Phi) is 5.04. The van der Waals surface area contributed by atoms with Crippen LogP contribution in [0.2, 0.25) is 0 Å².